The predicted octanol–water partition coefficient (Wildman–Crippen LogP) is 3.23. The van der Waals surface area contributed by atoms with Crippen molar-refractivity contribution in [2.45, 2.75) is 58.0 Å². The molecule has 0 amide bonds. The molecule has 20 heavy (non-hydrogen) atoms. The van der Waals surface area contributed by atoms with Gasteiger partial charge in [-0.1, -0.05) is 12.2 Å². The molecular weight excluding hydrogens is 252 g/mol. The van der Waals surface area contributed by atoms with Gasteiger partial charge in [0, 0.05) is 0 Å². The summed E-state index contributed by atoms with van der Waals surface area (Å²) in [5.41, 5.74) is -0.608. The third-order valence-electron chi connectivity index (χ3n) is 6.19. The molecule has 0 radical (unpaired) electrons. The van der Waals surface area contributed by atoms with E-state index in [4.69, 9.17) is 0 Å². The van der Waals surface area contributed by atoms with Crippen molar-refractivity contribution in [1.82, 2.24) is 0 Å². The van der Waals surface area contributed by atoms with E-state index in [9.17, 15) is 15.0 Å². The second kappa shape index (κ2) is 5.18. The largest absolute Gasteiger partial charge is 0.481 e. The summed E-state index contributed by atoms with van der Waals surface area (Å²) in [4.78, 5) is 11.9. The molecule has 0 aliphatic heterocycles. The Hall–Kier alpha value is -0.830. The van der Waals surface area contributed by atoms with Gasteiger partial charge in [0.1, 0.15) is 0 Å². The molecule has 3 rings (SSSR count). The van der Waals surface area contributed by atoms with Crippen LogP contribution >= 0.6 is 0 Å². The third-order valence-corrected chi connectivity index (χ3v) is 6.19. The van der Waals surface area contributed by atoms with Crippen molar-refractivity contribution in [3.8, 4) is 0 Å². The van der Waals surface area contributed by atoms with Crippen molar-refractivity contribution < 1.29 is 15.0 Å². The number of hydrogen-bond acceptors (Lipinski definition) is 2. The number of fused-ring (bicyclic) bond motifs is 2. The number of allylic oxidation sites excluding steroid dienone is 2. The molecule has 3 aliphatic carbocycles. The molecule has 2 bridgehead atoms. The van der Waals surface area contributed by atoms with Gasteiger partial charge in [-0.3, -0.25) is 4.79 Å². The van der Waals surface area contributed by atoms with Crippen LogP contribution in [0.3, 0.4) is 0 Å². The van der Waals surface area contributed by atoms with Gasteiger partial charge in [0.05, 0.1) is 11.5 Å². The fraction of sp³-hybridized carbons (Fsp3) is 0.824. The van der Waals surface area contributed by atoms with Crippen LogP contribution in [0.5, 0.6) is 0 Å². The second-order valence-electron chi connectivity index (χ2n) is 7.47. The van der Waals surface area contributed by atoms with Gasteiger partial charge >= 0.3 is 5.97 Å². The highest BCUT2D eigenvalue weighted by atomic mass is 16.4. The van der Waals surface area contributed by atoms with Crippen LogP contribution in [0.25, 0.3) is 0 Å². The molecule has 0 aromatic carbocycles. The first kappa shape index (κ1) is 14.1. The van der Waals surface area contributed by atoms with Crippen LogP contribution in [0.1, 0.15) is 51.9 Å². The van der Waals surface area contributed by atoms with Gasteiger partial charge in [0.25, 0.3) is 0 Å². The smallest absolute Gasteiger partial charge is 0.309 e. The number of aliphatic hydroxyl groups is 1. The van der Waals surface area contributed by atoms with Gasteiger partial charge < -0.3 is 10.2 Å². The van der Waals surface area contributed by atoms with Gasteiger partial charge in [-0.05, 0) is 75.5 Å². The lowest BCUT2D eigenvalue weighted by molar-refractivity contribution is -0.154. The molecule has 0 saturated heterocycles. The molecule has 0 spiro atoms. The second-order valence-corrected chi connectivity index (χ2v) is 7.47. The van der Waals surface area contributed by atoms with Crippen LogP contribution in [-0.4, -0.2) is 22.3 Å². The minimum Gasteiger partial charge on any atom is -0.481 e. The van der Waals surface area contributed by atoms with Crippen molar-refractivity contribution in [2.75, 3.05) is 0 Å². The van der Waals surface area contributed by atoms with E-state index in [1.165, 1.54) is 12.8 Å². The van der Waals surface area contributed by atoms with Gasteiger partial charge in [-0.15, -0.1) is 0 Å². The monoisotopic (exact) mass is 278 g/mol. The fourth-order valence-electron chi connectivity index (χ4n) is 4.82. The number of aliphatic carboxylic acids is 1. The summed E-state index contributed by atoms with van der Waals surface area (Å²) in [6.45, 7) is 1.95. The van der Waals surface area contributed by atoms with Crippen LogP contribution in [0, 0.1) is 29.1 Å². The van der Waals surface area contributed by atoms with Crippen molar-refractivity contribution in [3.63, 3.8) is 0 Å². The Morgan fingerprint density at radius 2 is 1.90 bits per heavy atom. The zero-order valence-electron chi connectivity index (χ0n) is 12.3. The standard InChI is InChI=1S/C17H26O3/c1-17(16(19)20,14-4-6-15(18)7-5-14)10-13-9-11-2-3-12(13)8-11/h2-3,11-15,18H,4-10H2,1H3,(H,19,20). The highest BCUT2D eigenvalue weighted by Gasteiger charge is 2.47. The molecular formula is C17H26O3. The van der Waals surface area contributed by atoms with Crippen molar-refractivity contribution >= 4 is 5.97 Å². The zero-order chi connectivity index (χ0) is 14.3. The van der Waals surface area contributed by atoms with E-state index in [1.54, 1.807) is 0 Å². The summed E-state index contributed by atoms with van der Waals surface area (Å²) in [5.74, 6) is 1.47. The van der Waals surface area contributed by atoms with Gasteiger partial charge in [-0.25, -0.2) is 0 Å². The molecule has 0 aromatic rings. The summed E-state index contributed by atoms with van der Waals surface area (Å²) in [7, 11) is 0. The number of carboxylic acids is 1. The highest BCUT2D eigenvalue weighted by molar-refractivity contribution is 5.74. The van der Waals surface area contributed by atoms with Crippen LogP contribution in [0.2, 0.25) is 0 Å². The quantitative estimate of drug-likeness (QED) is 0.776. The average molecular weight is 278 g/mol. The maximum absolute atomic E-state index is 11.9. The molecule has 3 heteroatoms. The summed E-state index contributed by atoms with van der Waals surface area (Å²) in [5, 5.41) is 19.4. The Morgan fingerprint density at radius 3 is 2.40 bits per heavy atom. The van der Waals surface area contributed by atoms with Gasteiger partial charge in [0.2, 0.25) is 0 Å². The van der Waals surface area contributed by atoms with E-state index in [2.05, 4.69) is 12.2 Å². The normalized spacial score (nSPS) is 42.6. The highest BCUT2D eigenvalue weighted by Crippen LogP contribution is 2.51. The first-order valence-electron chi connectivity index (χ1n) is 8.09. The van der Waals surface area contributed by atoms with E-state index < -0.39 is 11.4 Å². The first-order chi connectivity index (χ1) is 9.49. The summed E-state index contributed by atoms with van der Waals surface area (Å²) in [6.07, 6.45) is 10.9. The summed E-state index contributed by atoms with van der Waals surface area (Å²) >= 11 is 0. The fourth-order valence-corrected chi connectivity index (χ4v) is 4.82. The molecule has 4 atom stereocenters. The number of carbonyl (C=O) groups is 1. The van der Waals surface area contributed by atoms with Crippen LogP contribution in [0.4, 0.5) is 0 Å². The molecule has 3 aliphatic rings. The molecule has 3 nitrogen and oxygen atoms in total. The van der Waals surface area contributed by atoms with Gasteiger partial charge in [0.15, 0.2) is 0 Å². The summed E-state index contributed by atoms with van der Waals surface area (Å²) < 4.78 is 0. The Morgan fingerprint density at radius 1 is 1.20 bits per heavy atom. The number of rotatable bonds is 4. The Balaban J connectivity index is 1.71. The number of carboxylic acid groups (broad SMARTS) is 1. The molecule has 0 aromatic heterocycles. The lowest BCUT2D eigenvalue weighted by Gasteiger charge is -2.40. The lowest BCUT2D eigenvalue weighted by Crippen LogP contribution is -2.40. The third kappa shape index (κ3) is 2.41. The Kier molecular flexibility index (Phi) is 3.65. The van der Waals surface area contributed by atoms with Crippen molar-refractivity contribution in [1.29, 1.82) is 0 Å². The van der Waals surface area contributed by atoms with E-state index in [0.717, 1.165) is 32.1 Å². The average Bonchev–Trinajstić information content (AvgIpc) is 3.01. The maximum atomic E-state index is 11.9. The van der Waals surface area contributed by atoms with E-state index in [0.29, 0.717) is 17.8 Å². The molecule has 2 N–H and O–H groups in total. The molecule has 112 valence electrons. The topological polar surface area (TPSA) is 57.5 Å². The summed E-state index contributed by atoms with van der Waals surface area (Å²) in [6, 6.07) is 0. The van der Waals surface area contributed by atoms with E-state index in [1.807, 2.05) is 6.92 Å². The SMILES string of the molecule is CC(CC1CC2C=CC1C2)(C(=O)O)C1CCC(O)CC1. The Bertz CT molecular complexity index is 408. The molecule has 2 fully saturated rings. The predicted molar refractivity (Wildman–Crippen MR) is 77.2 cm³/mol. The lowest BCUT2D eigenvalue weighted by atomic mass is 9.64. The number of hydrogen-bond donors (Lipinski definition) is 2. The maximum Gasteiger partial charge on any atom is 0.309 e. The van der Waals surface area contributed by atoms with E-state index >= 15 is 0 Å². The minimum absolute atomic E-state index is 0.213. The van der Waals surface area contributed by atoms with Crippen LogP contribution in [0.15, 0.2) is 12.2 Å². The van der Waals surface area contributed by atoms with Gasteiger partial charge in [-0.2, -0.15) is 0 Å². The van der Waals surface area contributed by atoms with Crippen LogP contribution in [-0.2, 0) is 4.79 Å². The first-order valence-corrected chi connectivity index (χ1v) is 8.09. The molecule has 2 saturated carbocycles. The zero-order valence-corrected chi connectivity index (χ0v) is 12.3. The molecule has 0 heterocycles. The molecule has 4 unspecified atom stereocenters. The van der Waals surface area contributed by atoms with Crippen molar-refractivity contribution in [2.24, 2.45) is 29.1 Å². The minimum atomic E-state index is -0.634. The van der Waals surface area contributed by atoms with E-state index in [-0.39, 0.29) is 12.0 Å². The van der Waals surface area contributed by atoms with Crippen LogP contribution < -0.4 is 0 Å². The van der Waals surface area contributed by atoms with Crippen molar-refractivity contribution in [3.05, 3.63) is 12.2 Å². The Labute approximate surface area is 121 Å². The number of aliphatic hydroxyl groups excluding tert-OH is 1.